The van der Waals surface area contributed by atoms with Gasteiger partial charge in [0, 0.05) is 13.2 Å². The maximum atomic E-state index is 10.3. The second-order valence-corrected chi connectivity index (χ2v) is 2.46. The molecule has 1 rings (SSSR count). The third-order valence-electron chi connectivity index (χ3n) is 1.49. The Labute approximate surface area is 79.8 Å². The van der Waals surface area contributed by atoms with E-state index < -0.39 is 4.92 Å². The lowest BCUT2D eigenvalue weighted by Gasteiger charge is -2.05. The summed E-state index contributed by atoms with van der Waals surface area (Å²) >= 11 is 0. The molecule has 6 nitrogen and oxygen atoms in total. The van der Waals surface area contributed by atoms with E-state index >= 15 is 0 Å². The van der Waals surface area contributed by atoms with Crippen LogP contribution in [0.25, 0.3) is 0 Å². The van der Waals surface area contributed by atoms with Crippen LogP contribution in [0.4, 0.5) is 5.69 Å². The lowest BCUT2D eigenvalue weighted by molar-refractivity contribution is -0.385. The zero-order chi connectivity index (χ0) is 10.6. The van der Waals surface area contributed by atoms with Crippen LogP contribution in [0.3, 0.4) is 0 Å². The first kappa shape index (κ1) is 10.3. The van der Waals surface area contributed by atoms with Gasteiger partial charge >= 0.3 is 0 Å². The minimum atomic E-state index is -0.597. The largest absolute Gasteiger partial charge is 0.504 e. The molecular weight excluding hydrogens is 190 g/mol. The van der Waals surface area contributed by atoms with Crippen molar-refractivity contribution in [3.05, 3.63) is 28.3 Å². The molecule has 0 amide bonds. The van der Waals surface area contributed by atoms with Gasteiger partial charge in [0.1, 0.15) is 0 Å². The predicted octanol–water partition coefficient (Wildman–Crippen LogP) is 1.28. The van der Waals surface area contributed by atoms with Crippen LogP contribution in [-0.2, 0) is 4.74 Å². The maximum absolute atomic E-state index is 10.3. The minimum absolute atomic E-state index is 0.0224. The Morgan fingerprint density at radius 3 is 2.79 bits per heavy atom. The molecule has 0 atom stereocenters. The van der Waals surface area contributed by atoms with E-state index in [2.05, 4.69) is 4.74 Å². The van der Waals surface area contributed by atoms with E-state index in [1.54, 1.807) is 0 Å². The molecular formula is C8H9NO5. The monoisotopic (exact) mass is 199 g/mol. The number of phenolic OH excluding ortho intramolecular Hbond substituents is 1. The Bertz CT molecular complexity index is 339. The highest BCUT2D eigenvalue weighted by molar-refractivity contribution is 5.47. The molecule has 0 fully saturated rings. The Morgan fingerprint density at radius 2 is 2.29 bits per heavy atom. The summed E-state index contributed by atoms with van der Waals surface area (Å²) in [6.07, 6.45) is 0. The molecule has 0 radical (unpaired) electrons. The fourth-order valence-corrected chi connectivity index (χ4v) is 0.864. The second kappa shape index (κ2) is 4.43. The van der Waals surface area contributed by atoms with E-state index in [1.807, 2.05) is 0 Å². The number of phenols is 1. The third kappa shape index (κ3) is 2.33. The van der Waals surface area contributed by atoms with Crippen molar-refractivity contribution < 1.29 is 19.5 Å². The van der Waals surface area contributed by atoms with E-state index in [9.17, 15) is 15.2 Å². The fraction of sp³-hybridized carbons (Fsp3) is 0.250. The van der Waals surface area contributed by atoms with Crippen LogP contribution in [0, 0.1) is 10.1 Å². The lowest BCUT2D eigenvalue weighted by Crippen LogP contribution is -1.99. The first-order valence-corrected chi connectivity index (χ1v) is 3.74. The number of methoxy groups -OCH3 is 1. The van der Waals surface area contributed by atoms with Crippen LogP contribution in [0.15, 0.2) is 18.2 Å². The van der Waals surface area contributed by atoms with Crippen molar-refractivity contribution in [2.24, 2.45) is 0 Å². The number of nitro groups is 1. The number of nitrogens with zero attached hydrogens (tertiary/aromatic N) is 1. The number of aromatic hydroxyl groups is 1. The van der Waals surface area contributed by atoms with Crippen molar-refractivity contribution in [3.63, 3.8) is 0 Å². The summed E-state index contributed by atoms with van der Waals surface area (Å²) in [7, 11) is 1.43. The fourth-order valence-electron chi connectivity index (χ4n) is 0.864. The maximum Gasteiger partial charge on any atom is 0.273 e. The van der Waals surface area contributed by atoms with Gasteiger partial charge in [0.05, 0.1) is 11.0 Å². The van der Waals surface area contributed by atoms with Gasteiger partial charge in [-0.05, 0) is 6.07 Å². The third-order valence-corrected chi connectivity index (χ3v) is 1.49. The highest BCUT2D eigenvalue weighted by atomic mass is 16.7. The van der Waals surface area contributed by atoms with Gasteiger partial charge in [-0.15, -0.1) is 0 Å². The lowest BCUT2D eigenvalue weighted by atomic mass is 10.3. The van der Waals surface area contributed by atoms with Gasteiger partial charge in [-0.3, -0.25) is 10.1 Å². The number of ether oxygens (including phenoxy) is 2. The van der Waals surface area contributed by atoms with Gasteiger partial charge in [-0.25, -0.2) is 0 Å². The molecule has 1 aromatic carbocycles. The molecule has 0 unspecified atom stereocenters. The van der Waals surface area contributed by atoms with E-state index in [0.717, 1.165) is 6.07 Å². The van der Waals surface area contributed by atoms with Crippen LogP contribution in [0.2, 0.25) is 0 Å². The van der Waals surface area contributed by atoms with Gasteiger partial charge in [-0.1, -0.05) is 0 Å². The average molecular weight is 199 g/mol. The van der Waals surface area contributed by atoms with Crippen LogP contribution in [0.5, 0.6) is 11.5 Å². The number of hydrogen-bond acceptors (Lipinski definition) is 5. The zero-order valence-electron chi connectivity index (χ0n) is 7.47. The SMILES string of the molecule is COCOc1ccc([N+](=O)[O-])cc1O. The van der Waals surface area contributed by atoms with Crippen LogP contribution >= 0.6 is 0 Å². The molecule has 0 aliphatic carbocycles. The zero-order valence-corrected chi connectivity index (χ0v) is 7.47. The van der Waals surface area contributed by atoms with Gasteiger partial charge in [0.15, 0.2) is 18.3 Å². The molecule has 0 saturated carbocycles. The normalized spacial score (nSPS) is 9.79. The average Bonchev–Trinajstić information content (AvgIpc) is 2.15. The number of rotatable bonds is 4. The summed E-state index contributed by atoms with van der Waals surface area (Å²) < 4.78 is 9.54. The van der Waals surface area contributed by atoms with Gasteiger partial charge in [0.25, 0.3) is 5.69 Å². The van der Waals surface area contributed by atoms with E-state index in [4.69, 9.17) is 4.74 Å². The topological polar surface area (TPSA) is 81.8 Å². The number of benzene rings is 1. The standard InChI is InChI=1S/C8H9NO5/c1-13-5-14-8-3-2-6(9(11)12)4-7(8)10/h2-4,10H,5H2,1H3. The Balaban J connectivity index is 2.84. The molecule has 0 bridgehead atoms. The Morgan fingerprint density at radius 1 is 1.57 bits per heavy atom. The van der Waals surface area contributed by atoms with E-state index in [-0.39, 0.29) is 24.0 Å². The summed E-state index contributed by atoms with van der Waals surface area (Å²) in [5.74, 6) is -0.131. The summed E-state index contributed by atoms with van der Waals surface area (Å²) in [5.41, 5.74) is -0.188. The van der Waals surface area contributed by atoms with Crippen LogP contribution in [0.1, 0.15) is 0 Å². The molecule has 0 saturated heterocycles. The first-order chi connectivity index (χ1) is 6.65. The van der Waals surface area contributed by atoms with Gasteiger partial charge in [-0.2, -0.15) is 0 Å². The molecule has 76 valence electrons. The number of nitro benzene ring substituents is 1. The molecule has 14 heavy (non-hydrogen) atoms. The molecule has 1 N–H and O–H groups in total. The summed E-state index contributed by atoms with van der Waals surface area (Å²) in [5, 5.41) is 19.6. The molecule has 6 heteroatoms. The smallest absolute Gasteiger partial charge is 0.273 e. The Hall–Kier alpha value is -1.82. The number of non-ortho nitro benzene ring substituents is 1. The van der Waals surface area contributed by atoms with Gasteiger partial charge < -0.3 is 14.6 Å². The number of hydrogen-bond donors (Lipinski definition) is 1. The molecule has 0 aliphatic rings. The highest BCUT2D eigenvalue weighted by Crippen LogP contribution is 2.29. The van der Waals surface area contributed by atoms with Crippen molar-refractivity contribution in [3.8, 4) is 11.5 Å². The van der Waals surface area contributed by atoms with Crippen molar-refractivity contribution in [1.29, 1.82) is 0 Å². The molecule has 0 aliphatic heterocycles. The van der Waals surface area contributed by atoms with Crippen molar-refractivity contribution >= 4 is 5.69 Å². The van der Waals surface area contributed by atoms with E-state index in [0.29, 0.717) is 0 Å². The molecule has 0 heterocycles. The van der Waals surface area contributed by atoms with Gasteiger partial charge in [0.2, 0.25) is 0 Å². The van der Waals surface area contributed by atoms with Crippen LogP contribution in [-0.4, -0.2) is 23.9 Å². The Kier molecular flexibility index (Phi) is 3.24. The van der Waals surface area contributed by atoms with Crippen molar-refractivity contribution in [1.82, 2.24) is 0 Å². The molecule has 0 aromatic heterocycles. The summed E-state index contributed by atoms with van der Waals surface area (Å²) in [6, 6.07) is 3.57. The minimum Gasteiger partial charge on any atom is -0.504 e. The molecule has 0 spiro atoms. The van der Waals surface area contributed by atoms with E-state index in [1.165, 1.54) is 19.2 Å². The highest BCUT2D eigenvalue weighted by Gasteiger charge is 2.10. The summed E-state index contributed by atoms with van der Waals surface area (Å²) in [4.78, 5) is 9.71. The second-order valence-electron chi connectivity index (χ2n) is 2.46. The molecule has 1 aromatic rings. The predicted molar refractivity (Wildman–Crippen MR) is 47.3 cm³/mol. The first-order valence-electron chi connectivity index (χ1n) is 3.74. The quantitative estimate of drug-likeness (QED) is 0.448. The van der Waals surface area contributed by atoms with Crippen molar-refractivity contribution in [2.75, 3.05) is 13.9 Å². The van der Waals surface area contributed by atoms with Crippen LogP contribution < -0.4 is 4.74 Å². The van der Waals surface area contributed by atoms with Crippen molar-refractivity contribution in [2.45, 2.75) is 0 Å². The summed E-state index contributed by atoms with van der Waals surface area (Å²) in [6.45, 7) is -0.0224.